The normalized spacial score (nSPS) is 10.5. The molecule has 15 heavy (non-hydrogen) atoms. The highest BCUT2D eigenvalue weighted by molar-refractivity contribution is 6.67. The number of pyridine rings is 1. The smallest absolute Gasteiger partial charge is 0.271 e. The van der Waals surface area contributed by atoms with Crippen LogP contribution in [0.15, 0.2) is 6.20 Å². The van der Waals surface area contributed by atoms with Gasteiger partial charge < -0.3 is 4.74 Å². The van der Waals surface area contributed by atoms with Gasteiger partial charge >= 0.3 is 0 Å². The minimum absolute atomic E-state index is 0.466. The predicted molar refractivity (Wildman–Crippen MR) is 45.9 cm³/mol. The molecule has 0 fully saturated rings. The van der Waals surface area contributed by atoms with E-state index >= 15 is 0 Å². The van der Waals surface area contributed by atoms with Gasteiger partial charge in [0.05, 0.1) is 18.9 Å². The first-order chi connectivity index (χ1) is 6.99. The zero-order valence-electron chi connectivity index (χ0n) is 7.43. The number of hydrogen-bond donors (Lipinski definition) is 0. The Morgan fingerprint density at radius 1 is 1.60 bits per heavy atom. The van der Waals surface area contributed by atoms with Gasteiger partial charge in [0.2, 0.25) is 0 Å². The second kappa shape index (κ2) is 4.48. The average molecular weight is 240 g/mol. The topological polar surface area (TPSA) is 39.2 Å². The van der Waals surface area contributed by atoms with E-state index in [1.807, 2.05) is 0 Å². The van der Waals surface area contributed by atoms with Gasteiger partial charge in [0, 0.05) is 0 Å². The first-order valence-corrected chi connectivity index (χ1v) is 4.07. The number of hydrogen-bond acceptors (Lipinski definition) is 3. The minimum atomic E-state index is -3.19. The second-order valence-corrected chi connectivity index (χ2v) is 2.82. The van der Waals surface area contributed by atoms with Gasteiger partial charge in [0.1, 0.15) is 5.69 Å². The van der Waals surface area contributed by atoms with Crippen LogP contribution in [0.5, 0.6) is 5.75 Å². The number of carbonyl (C=O) groups is 1. The van der Waals surface area contributed by atoms with Crippen LogP contribution in [-0.4, -0.2) is 17.3 Å². The Hall–Kier alpha value is -1.30. The van der Waals surface area contributed by atoms with Gasteiger partial charge in [-0.3, -0.25) is 4.79 Å². The number of rotatable bonds is 3. The summed E-state index contributed by atoms with van der Waals surface area (Å²) in [6.45, 7) is 0. The number of carbonyl (C=O) groups excluding carboxylic acids is 1. The van der Waals surface area contributed by atoms with Crippen LogP contribution in [0.1, 0.15) is 22.5 Å². The summed E-state index contributed by atoms with van der Waals surface area (Å²) in [5.74, 6) is -1.79. The van der Waals surface area contributed by atoms with Crippen molar-refractivity contribution in [1.82, 2.24) is 4.98 Å². The van der Waals surface area contributed by atoms with E-state index in [2.05, 4.69) is 9.72 Å². The van der Waals surface area contributed by atoms with Gasteiger partial charge in [-0.1, -0.05) is 0 Å². The number of nitrogens with zero attached hydrogens (tertiary/aromatic N) is 1. The Morgan fingerprint density at radius 3 is 2.60 bits per heavy atom. The molecule has 0 spiro atoms. The minimum Gasteiger partial charge on any atom is -0.492 e. The predicted octanol–water partition coefficient (Wildman–Crippen LogP) is 2.55. The van der Waals surface area contributed by atoms with Crippen molar-refractivity contribution in [2.24, 2.45) is 0 Å². The van der Waals surface area contributed by atoms with Gasteiger partial charge in [-0.25, -0.2) is 18.2 Å². The van der Waals surface area contributed by atoms with Crippen LogP contribution in [0.25, 0.3) is 0 Å². The summed E-state index contributed by atoms with van der Waals surface area (Å²) in [6.07, 6.45) is -2.37. The molecule has 0 atom stereocenters. The van der Waals surface area contributed by atoms with Crippen LogP contribution < -0.4 is 4.74 Å². The molecular weight excluding hydrogens is 235 g/mol. The molecule has 0 aliphatic carbocycles. The SMILES string of the molecule is COc1cnc(C(=O)Cl)c(C(F)F)c1F. The lowest BCUT2D eigenvalue weighted by Crippen LogP contribution is -2.06. The van der Waals surface area contributed by atoms with Crippen molar-refractivity contribution in [3.8, 4) is 5.75 Å². The van der Waals surface area contributed by atoms with Gasteiger partial charge in [-0.05, 0) is 11.6 Å². The van der Waals surface area contributed by atoms with E-state index in [1.54, 1.807) is 0 Å². The third kappa shape index (κ3) is 2.20. The maximum Gasteiger partial charge on any atom is 0.271 e. The van der Waals surface area contributed by atoms with Crippen molar-refractivity contribution in [1.29, 1.82) is 0 Å². The third-order valence-electron chi connectivity index (χ3n) is 1.64. The van der Waals surface area contributed by atoms with E-state index in [9.17, 15) is 18.0 Å². The summed E-state index contributed by atoms with van der Waals surface area (Å²) >= 11 is 4.98. The van der Waals surface area contributed by atoms with Crippen LogP contribution >= 0.6 is 11.6 Å². The summed E-state index contributed by atoms with van der Waals surface area (Å²) in [7, 11) is 1.09. The summed E-state index contributed by atoms with van der Waals surface area (Å²) in [5, 5.41) is -1.24. The molecule has 0 radical (unpaired) electrons. The molecule has 1 aromatic rings. The summed E-state index contributed by atoms with van der Waals surface area (Å²) in [5.41, 5.74) is -1.95. The van der Waals surface area contributed by atoms with E-state index in [0.717, 1.165) is 13.3 Å². The lowest BCUT2D eigenvalue weighted by Gasteiger charge is -2.08. The van der Waals surface area contributed by atoms with Gasteiger partial charge in [-0.15, -0.1) is 0 Å². The standard InChI is InChI=1S/C8H5ClF3NO2/c1-15-3-2-13-6(7(9)14)4(5(3)10)8(11)12/h2,8H,1H3. The second-order valence-electron chi connectivity index (χ2n) is 2.48. The fourth-order valence-electron chi connectivity index (χ4n) is 0.984. The van der Waals surface area contributed by atoms with E-state index in [0.29, 0.717) is 0 Å². The Bertz CT molecular complexity index is 398. The van der Waals surface area contributed by atoms with Crippen molar-refractivity contribution in [3.63, 3.8) is 0 Å². The molecule has 0 aromatic carbocycles. The molecular formula is C8H5ClF3NO2. The quantitative estimate of drug-likeness (QED) is 0.761. The lowest BCUT2D eigenvalue weighted by atomic mass is 10.2. The van der Waals surface area contributed by atoms with Crippen molar-refractivity contribution in [2.75, 3.05) is 7.11 Å². The van der Waals surface area contributed by atoms with Crippen LogP contribution in [0.3, 0.4) is 0 Å². The first-order valence-electron chi connectivity index (χ1n) is 3.69. The fraction of sp³-hybridized carbons (Fsp3) is 0.250. The molecule has 0 saturated heterocycles. The Kier molecular flexibility index (Phi) is 3.52. The van der Waals surface area contributed by atoms with Crippen LogP contribution in [0, 0.1) is 5.82 Å². The lowest BCUT2D eigenvalue weighted by molar-refractivity contribution is 0.105. The monoisotopic (exact) mass is 239 g/mol. The highest BCUT2D eigenvalue weighted by Gasteiger charge is 2.26. The molecule has 1 aromatic heterocycles. The van der Waals surface area contributed by atoms with E-state index < -0.39 is 34.5 Å². The molecule has 0 aliphatic rings. The summed E-state index contributed by atoms with van der Waals surface area (Å²) in [6, 6.07) is 0. The zero-order valence-corrected chi connectivity index (χ0v) is 8.19. The molecule has 7 heteroatoms. The average Bonchev–Trinajstić information content (AvgIpc) is 2.16. The van der Waals surface area contributed by atoms with Gasteiger partial charge in [0.25, 0.3) is 11.7 Å². The number of ether oxygens (including phenoxy) is 1. The van der Waals surface area contributed by atoms with Crippen molar-refractivity contribution in [2.45, 2.75) is 6.43 Å². The van der Waals surface area contributed by atoms with E-state index in [1.165, 1.54) is 0 Å². The molecule has 0 unspecified atom stereocenters. The summed E-state index contributed by atoms with van der Waals surface area (Å²) < 4.78 is 42.6. The highest BCUT2D eigenvalue weighted by Crippen LogP contribution is 2.30. The van der Waals surface area contributed by atoms with Crippen molar-refractivity contribution in [3.05, 3.63) is 23.3 Å². The van der Waals surface area contributed by atoms with Crippen molar-refractivity contribution >= 4 is 16.8 Å². The van der Waals surface area contributed by atoms with Gasteiger partial charge in [-0.2, -0.15) is 0 Å². The maximum absolute atomic E-state index is 13.3. The Labute approximate surface area is 87.8 Å². The number of methoxy groups -OCH3 is 1. The first kappa shape index (κ1) is 11.8. The van der Waals surface area contributed by atoms with E-state index in [-0.39, 0.29) is 0 Å². The largest absolute Gasteiger partial charge is 0.492 e. The van der Waals surface area contributed by atoms with Crippen molar-refractivity contribution < 1.29 is 22.7 Å². The number of halogens is 4. The Morgan fingerprint density at radius 2 is 2.20 bits per heavy atom. The molecule has 1 rings (SSSR count). The highest BCUT2D eigenvalue weighted by atomic mass is 35.5. The molecule has 0 aliphatic heterocycles. The number of alkyl halides is 2. The molecule has 82 valence electrons. The van der Waals surface area contributed by atoms with Gasteiger partial charge in [0.15, 0.2) is 11.6 Å². The zero-order chi connectivity index (χ0) is 11.6. The number of aromatic nitrogens is 1. The van der Waals surface area contributed by atoms with E-state index in [4.69, 9.17) is 11.6 Å². The molecule has 0 bridgehead atoms. The van der Waals surface area contributed by atoms with Crippen LogP contribution in [-0.2, 0) is 0 Å². The molecule has 1 heterocycles. The van der Waals surface area contributed by atoms with Crippen LogP contribution in [0.4, 0.5) is 13.2 Å². The molecule has 3 nitrogen and oxygen atoms in total. The third-order valence-corrected chi connectivity index (χ3v) is 1.82. The Balaban J connectivity index is 3.44. The summed E-state index contributed by atoms with van der Waals surface area (Å²) in [4.78, 5) is 14.0. The molecule has 0 saturated carbocycles. The molecule has 0 N–H and O–H groups in total. The maximum atomic E-state index is 13.3. The fourth-order valence-corrected chi connectivity index (χ4v) is 1.13. The molecule has 0 amide bonds. The van der Waals surface area contributed by atoms with Crippen LogP contribution in [0.2, 0.25) is 0 Å².